The van der Waals surface area contributed by atoms with Crippen LogP contribution in [0.2, 0.25) is 0 Å². The van der Waals surface area contributed by atoms with Crippen LogP contribution in [-0.4, -0.2) is 5.11 Å². The van der Waals surface area contributed by atoms with Crippen molar-refractivity contribution >= 4 is 10.8 Å². The molecule has 0 aliphatic carbocycles. The molecule has 0 aliphatic heterocycles. The Morgan fingerprint density at radius 1 is 1.06 bits per heavy atom. The summed E-state index contributed by atoms with van der Waals surface area (Å²) < 4.78 is 0. The number of allylic oxidation sites excluding steroid dienone is 3. The molecule has 0 heterocycles. The van der Waals surface area contributed by atoms with E-state index in [9.17, 15) is 5.11 Å². The van der Waals surface area contributed by atoms with Gasteiger partial charge in [-0.1, -0.05) is 60.2 Å². The molecule has 2 rings (SSSR count). The predicted octanol–water partition coefficient (Wildman–Crippen LogP) is 4.40. The lowest BCUT2D eigenvalue weighted by atomic mass is 10.0. The Bertz CT molecular complexity index is 589. The number of benzene rings is 2. The largest absolute Gasteiger partial charge is 0.384 e. The summed E-state index contributed by atoms with van der Waals surface area (Å²) in [6.45, 7) is 4.07. The fraction of sp³-hybridized carbons (Fsp3) is 0.176. The van der Waals surface area contributed by atoms with Crippen molar-refractivity contribution in [1.82, 2.24) is 0 Å². The molecule has 0 aromatic heterocycles. The fourth-order valence-electron chi connectivity index (χ4n) is 1.86. The van der Waals surface area contributed by atoms with E-state index in [4.69, 9.17) is 0 Å². The molecule has 1 nitrogen and oxygen atoms in total. The lowest BCUT2D eigenvalue weighted by Crippen LogP contribution is -1.92. The average Bonchev–Trinajstić information content (AvgIpc) is 2.37. The van der Waals surface area contributed by atoms with Crippen molar-refractivity contribution < 1.29 is 5.11 Å². The topological polar surface area (TPSA) is 20.2 Å². The summed E-state index contributed by atoms with van der Waals surface area (Å²) in [5.41, 5.74) is 2.14. The highest BCUT2D eigenvalue weighted by Gasteiger charge is 2.03. The van der Waals surface area contributed by atoms with Gasteiger partial charge in [-0.2, -0.15) is 0 Å². The maximum atomic E-state index is 10.1. The summed E-state index contributed by atoms with van der Waals surface area (Å²) in [6.07, 6.45) is 5.14. The predicted molar refractivity (Wildman–Crippen MR) is 77.5 cm³/mol. The first-order chi connectivity index (χ1) is 8.66. The molecule has 2 aromatic carbocycles. The zero-order valence-electron chi connectivity index (χ0n) is 10.8. The van der Waals surface area contributed by atoms with Crippen LogP contribution in [0.25, 0.3) is 10.8 Å². The summed E-state index contributed by atoms with van der Waals surface area (Å²) in [5.74, 6) is 0. The number of hydrogen-bond acceptors (Lipinski definition) is 1. The van der Waals surface area contributed by atoms with Crippen LogP contribution in [0.5, 0.6) is 0 Å². The molecule has 0 fully saturated rings. The van der Waals surface area contributed by atoms with Crippen LogP contribution in [0.3, 0.4) is 0 Å². The molecule has 2 aromatic rings. The lowest BCUT2D eigenvalue weighted by molar-refractivity contribution is 0.229. The van der Waals surface area contributed by atoms with Crippen molar-refractivity contribution in [2.45, 2.75) is 20.0 Å². The zero-order valence-corrected chi connectivity index (χ0v) is 10.8. The van der Waals surface area contributed by atoms with E-state index in [2.05, 4.69) is 12.1 Å². The van der Waals surface area contributed by atoms with Crippen LogP contribution in [0.4, 0.5) is 0 Å². The van der Waals surface area contributed by atoms with Crippen LogP contribution < -0.4 is 0 Å². The van der Waals surface area contributed by atoms with Crippen molar-refractivity contribution in [2.24, 2.45) is 0 Å². The molecule has 1 N–H and O–H groups in total. The quantitative estimate of drug-likeness (QED) is 0.786. The Hall–Kier alpha value is -1.86. The Balaban J connectivity index is 2.25. The van der Waals surface area contributed by atoms with E-state index in [1.165, 1.54) is 11.0 Å². The van der Waals surface area contributed by atoms with Gasteiger partial charge in [0, 0.05) is 0 Å². The summed E-state index contributed by atoms with van der Waals surface area (Å²) in [7, 11) is 0. The second kappa shape index (κ2) is 5.65. The van der Waals surface area contributed by atoms with Gasteiger partial charge in [0.15, 0.2) is 0 Å². The highest BCUT2D eigenvalue weighted by Crippen LogP contribution is 2.21. The summed E-state index contributed by atoms with van der Waals surface area (Å²) in [5, 5.41) is 12.4. The van der Waals surface area contributed by atoms with Gasteiger partial charge in [0.25, 0.3) is 0 Å². The molecule has 0 radical (unpaired) electrons. The lowest BCUT2D eigenvalue weighted by Gasteiger charge is -2.07. The van der Waals surface area contributed by atoms with Crippen LogP contribution >= 0.6 is 0 Å². The molecule has 0 bridgehead atoms. The summed E-state index contributed by atoms with van der Waals surface area (Å²) >= 11 is 0. The minimum atomic E-state index is -0.551. The normalized spacial score (nSPS) is 12.8. The number of aliphatic hydroxyl groups excluding tert-OH is 1. The van der Waals surface area contributed by atoms with Crippen LogP contribution in [-0.2, 0) is 0 Å². The molecule has 0 saturated heterocycles. The average molecular weight is 238 g/mol. The Labute approximate surface area is 108 Å². The first-order valence-corrected chi connectivity index (χ1v) is 6.15. The standard InChI is InChI=1S/C17H18O/c1-13(2)6-5-9-17(18)16-11-10-14-7-3-4-8-15(14)12-16/h3-12,17-18H,1-2H3/b9-5-. The van der Waals surface area contributed by atoms with Gasteiger partial charge in [-0.05, 0) is 36.2 Å². The van der Waals surface area contributed by atoms with Crippen LogP contribution in [0.15, 0.2) is 66.3 Å². The van der Waals surface area contributed by atoms with Crippen LogP contribution in [0, 0.1) is 0 Å². The van der Waals surface area contributed by atoms with Crippen LogP contribution in [0.1, 0.15) is 25.5 Å². The number of aliphatic hydroxyl groups is 1. The monoisotopic (exact) mass is 238 g/mol. The molecular formula is C17H18O. The number of hydrogen-bond donors (Lipinski definition) is 1. The van der Waals surface area contributed by atoms with E-state index in [1.54, 1.807) is 6.08 Å². The smallest absolute Gasteiger partial charge is 0.0975 e. The van der Waals surface area contributed by atoms with E-state index in [0.717, 1.165) is 10.9 Å². The highest BCUT2D eigenvalue weighted by molar-refractivity contribution is 5.83. The second-order valence-corrected chi connectivity index (χ2v) is 4.68. The van der Waals surface area contributed by atoms with Gasteiger partial charge in [0.05, 0.1) is 6.10 Å². The van der Waals surface area contributed by atoms with Crippen molar-refractivity contribution in [1.29, 1.82) is 0 Å². The molecule has 18 heavy (non-hydrogen) atoms. The van der Waals surface area contributed by atoms with Crippen molar-refractivity contribution in [3.63, 3.8) is 0 Å². The molecule has 0 aliphatic rings. The molecular weight excluding hydrogens is 220 g/mol. The minimum Gasteiger partial charge on any atom is -0.384 e. The summed E-state index contributed by atoms with van der Waals surface area (Å²) in [6, 6.07) is 14.2. The highest BCUT2D eigenvalue weighted by atomic mass is 16.3. The first kappa shape index (κ1) is 12.6. The van der Waals surface area contributed by atoms with Gasteiger partial charge >= 0.3 is 0 Å². The van der Waals surface area contributed by atoms with Crippen molar-refractivity contribution in [2.75, 3.05) is 0 Å². The van der Waals surface area contributed by atoms with Crippen molar-refractivity contribution in [3.05, 3.63) is 71.8 Å². The molecule has 0 saturated carbocycles. The van der Waals surface area contributed by atoms with E-state index in [-0.39, 0.29) is 0 Å². The molecule has 1 atom stereocenters. The van der Waals surface area contributed by atoms with Gasteiger partial charge in [-0.15, -0.1) is 0 Å². The van der Waals surface area contributed by atoms with Crippen molar-refractivity contribution in [3.8, 4) is 0 Å². The molecule has 92 valence electrons. The molecule has 1 heteroatoms. The van der Waals surface area contributed by atoms with E-state index in [1.807, 2.05) is 56.3 Å². The van der Waals surface area contributed by atoms with Gasteiger partial charge < -0.3 is 5.11 Å². The Morgan fingerprint density at radius 2 is 1.78 bits per heavy atom. The first-order valence-electron chi connectivity index (χ1n) is 6.15. The third kappa shape index (κ3) is 3.08. The SMILES string of the molecule is CC(C)=C/C=C\C(O)c1ccc2ccccc2c1. The fourth-order valence-corrected chi connectivity index (χ4v) is 1.86. The van der Waals surface area contributed by atoms with E-state index in [0.29, 0.717) is 0 Å². The maximum absolute atomic E-state index is 10.1. The Kier molecular flexibility index (Phi) is 3.96. The number of rotatable bonds is 3. The van der Waals surface area contributed by atoms with E-state index >= 15 is 0 Å². The third-order valence-electron chi connectivity index (χ3n) is 2.84. The Morgan fingerprint density at radius 3 is 2.50 bits per heavy atom. The van der Waals surface area contributed by atoms with E-state index < -0.39 is 6.10 Å². The summed E-state index contributed by atoms with van der Waals surface area (Å²) in [4.78, 5) is 0. The van der Waals surface area contributed by atoms with Gasteiger partial charge in [0.1, 0.15) is 0 Å². The van der Waals surface area contributed by atoms with Gasteiger partial charge in [0.2, 0.25) is 0 Å². The zero-order chi connectivity index (χ0) is 13.0. The molecule has 0 amide bonds. The molecule has 1 unspecified atom stereocenters. The second-order valence-electron chi connectivity index (χ2n) is 4.68. The maximum Gasteiger partial charge on any atom is 0.0975 e. The molecule has 0 spiro atoms. The third-order valence-corrected chi connectivity index (χ3v) is 2.84. The van der Waals surface area contributed by atoms with Gasteiger partial charge in [-0.3, -0.25) is 0 Å². The van der Waals surface area contributed by atoms with Gasteiger partial charge in [-0.25, -0.2) is 0 Å². The minimum absolute atomic E-state index is 0.551. The number of fused-ring (bicyclic) bond motifs is 1.